The first-order valence-corrected chi connectivity index (χ1v) is 10.1. The third kappa shape index (κ3) is 7.84. The maximum atomic E-state index is 12.4. The van der Waals surface area contributed by atoms with Crippen molar-refractivity contribution in [3.8, 4) is 0 Å². The van der Waals surface area contributed by atoms with E-state index in [9.17, 15) is 29.8 Å². The zero-order valence-corrected chi connectivity index (χ0v) is 18.6. The van der Waals surface area contributed by atoms with Crippen molar-refractivity contribution in [3.05, 3.63) is 79.9 Å². The lowest BCUT2D eigenvalue weighted by molar-refractivity contribution is -0.385. The molecule has 0 spiro atoms. The summed E-state index contributed by atoms with van der Waals surface area (Å²) in [5.41, 5.74) is 1.35. The first kappa shape index (κ1) is 25.2. The lowest BCUT2D eigenvalue weighted by atomic mass is 10.1. The second-order valence-electron chi connectivity index (χ2n) is 7.60. The van der Waals surface area contributed by atoms with Crippen LogP contribution in [0.2, 0.25) is 0 Å². The molecule has 1 atom stereocenters. The summed E-state index contributed by atoms with van der Waals surface area (Å²) in [6.07, 6.45) is 0.0569. The molecule has 172 valence electrons. The van der Waals surface area contributed by atoms with Gasteiger partial charge in [-0.1, -0.05) is 24.3 Å². The van der Waals surface area contributed by atoms with E-state index in [0.717, 1.165) is 0 Å². The quantitative estimate of drug-likeness (QED) is 0.210. The summed E-state index contributed by atoms with van der Waals surface area (Å²) >= 11 is 0. The minimum Gasteiger partial charge on any atom is -0.294 e. The van der Waals surface area contributed by atoms with Crippen LogP contribution in [0, 0.1) is 20.2 Å². The number of nitrogens with zero attached hydrogens (tertiary/aromatic N) is 4. The van der Waals surface area contributed by atoms with Crippen LogP contribution >= 0.6 is 0 Å². The highest BCUT2D eigenvalue weighted by molar-refractivity contribution is 6.10. The number of non-ortho nitro benzene ring substituents is 2. The number of rotatable bonds is 11. The van der Waals surface area contributed by atoms with Crippen molar-refractivity contribution >= 4 is 34.4 Å². The average molecular weight is 452 g/mol. The standard InChI is InChI=1S/C23H24N4O6/c1-15(10-22(28)18-6-4-8-20(12-18)26(30)31)24-14-17(3)25-16(2)11-23(29)19-7-5-9-21(13-19)27(32)33/h4-9,12-13,17H,10-11,14H2,1-3H3. The minimum absolute atomic E-state index is 0.0273. The van der Waals surface area contributed by atoms with Crippen molar-refractivity contribution in [3.63, 3.8) is 0 Å². The minimum atomic E-state index is -0.552. The number of carbonyl (C=O) groups excluding carboxylic acids is 2. The van der Waals surface area contributed by atoms with Crippen LogP contribution in [0.3, 0.4) is 0 Å². The number of hydrogen-bond acceptors (Lipinski definition) is 8. The number of aliphatic imine (C=N–C) groups is 2. The molecular weight excluding hydrogens is 428 g/mol. The number of carbonyl (C=O) groups is 2. The Morgan fingerprint density at radius 2 is 1.30 bits per heavy atom. The summed E-state index contributed by atoms with van der Waals surface area (Å²) < 4.78 is 0. The smallest absolute Gasteiger partial charge is 0.270 e. The molecule has 0 N–H and O–H groups in total. The van der Waals surface area contributed by atoms with Gasteiger partial charge in [-0.15, -0.1) is 0 Å². The second-order valence-corrected chi connectivity index (χ2v) is 7.60. The van der Waals surface area contributed by atoms with Gasteiger partial charge in [-0.2, -0.15) is 0 Å². The van der Waals surface area contributed by atoms with E-state index in [1.54, 1.807) is 13.8 Å². The van der Waals surface area contributed by atoms with Gasteiger partial charge < -0.3 is 0 Å². The Balaban J connectivity index is 1.93. The number of Topliss-reactive ketones (excluding diaryl/α,β-unsaturated/α-hetero) is 2. The maximum absolute atomic E-state index is 12.4. The Hall–Kier alpha value is -4.08. The van der Waals surface area contributed by atoms with E-state index in [0.29, 0.717) is 18.0 Å². The molecule has 0 saturated carbocycles. The molecule has 1 unspecified atom stereocenters. The first-order chi connectivity index (χ1) is 15.6. The third-order valence-corrected chi connectivity index (χ3v) is 4.66. The zero-order valence-electron chi connectivity index (χ0n) is 18.6. The van der Waals surface area contributed by atoms with E-state index in [1.807, 2.05) is 6.92 Å². The van der Waals surface area contributed by atoms with Crippen LogP contribution in [0.4, 0.5) is 11.4 Å². The maximum Gasteiger partial charge on any atom is 0.270 e. The first-order valence-electron chi connectivity index (χ1n) is 10.1. The van der Waals surface area contributed by atoms with E-state index in [1.165, 1.54) is 48.5 Å². The number of nitro groups is 2. The predicted octanol–water partition coefficient (Wildman–Crippen LogP) is 4.66. The molecule has 0 amide bonds. The summed E-state index contributed by atoms with van der Waals surface area (Å²) in [5, 5.41) is 21.7. The molecule has 2 rings (SSSR count). The van der Waals surface area contributed by atoms with E-state index in [-0.39, 0.29) is 53.0 Å². The van der Waals surface area contributed by atoms with Gasteiger partial charge in [-0.3, -0.25) is 39.8 Å². The summed E-state index contributed by atoms with van der Waals surface area (Å²) in [7, 11) is 0. The summed E-state index contributed by atoms with van der Waals surface area (Å²) in [6, 6.07) is 10.9. The van der Waals surface area contributed by atoms with Crippen molar-refractivity contribution in [2.75, 3.05) is 6.54 Å². The van der Waals surface area contributed by atoms with Gasteiger partial charge in [0.25, 0.3) is 11.4 Å². The van der Waals surface area contributed by atoms with Crippen molar-refractivity contribution in [2.24, 2.45) is 9.98 Å². The van der Waals surface area contributed by atoms with Crippen LogP contribution in [0.15, 0.2) is 58.5 Å². The SMILES string of the molecule is CC(CC(=O)c1cccc([N+](=O)[O-])c1)=NCC(C)N=C(C)CC(=O)c1cccc([N+](=O)[O-])c1. The Bertz CT molecular complexity index is 1140. The molecule has 0 aliphatic carbocycles. The van der Waals surface area contributed by atoms with Crippen molar-refractivity contribution < 1.29 is 19.4 Å². The van der Waals surface area contributed by atoms with Crippen LogP contribution in [-0.4, -0.2) is 45.4 Å². The number of ketones is 2. The zero-order chi connectivity index (χ0) is 24.5. The summed E-state index contributed by atoms with van der Waals surface area (Å²) in [6.45, 7) is 5.52. The highest BCUT2D eigenvalue weighted by atomic mass is 16.6. The van der Waals surface area contributed by atoms with Crippen LogP contribution in [-0.2, 0) is 0 Å². The van der Waals surface area contributed by atoms with Gasteiger partial charge in [0.15, 0.2) is 11.6 Å². The fourth-order valence-corrected chi connectivity index (χ4v) is 3.06. The molecule has 10 nitrogen and oxygen atoms in total. The Morgan fingerprint density at radius 1 is 0.848 bits per heavy atom. The predicted molar refractivity (Wildman–Crippen MR) is 125 cm³/mol. The molecule has 10 heteroatoms. The van der Waals surface area contributed by atoms with Crippen LogP contribution < -0.4 is 0 Å². The Labute approximate surface area is 190 Å². The van der Waals surface area contributed by atoms with Crippen LogP contribution in [0.1, 0.15) is 54.3 Å². The molecule has 0 bridgehead atoms. The van der Waals surface area contributed by atoms with Crippen molar-refractivity contribution in [1.29, 1.82) is 0 Å². The molecule has 0 aliphatic rings. The van der Waals surface area contributed by atoms with Crippen LogP contribution in [0.25, 0.3) is 0 Å². The van der Waals surface area contributed by atoms with E-state index < -0.39 is 9.85 Å². The van der Waals surface area contributed by atoms with E-state index in [4.69, 9.17) is 0 Å². The van der Waals surface area contributed by atoms with Gasteiger partial charge in [0.2, 0.25) is 0 Å². The second kappa shape index (κ2) is 11.5. The van der Waals surface area contributed by atoms with E-state index in [2.05, 4.69) is 9.98 Å². The van der Waals surface area contributed by atoms with Crippen LogP contribution in [0.5, 0.6) is 0 Å². The molecule has 0 saturated heterocycles. The van der Waals surface area contributed by atoms with Gasteiger partial charge in [0.05, 0.1) is 22.4 Å². The molecular formula is C23H24N4O6. The number of nitro benzene ring substituents is 2. The molecule has 2 aromatic carbocycles. The molecule has 0 fully saturated rings. The van der Waals surface area contributed by atoms with Crippen molar-refractivity contribution in [1.82, 2.24) is 0 Å². The van der Waals surface area contributed by atoms with Gasteiger partial charge in [-0.25, -0.2) is 0 Å². The van der Waals surface area contributed by atoms with E-state index >= 15 is 0 Å². The summed E-state index contributed by atoms with van der Waals surface area (Å²) in [4.78, 5) is 54.2. The Morgan fingerprint density at radius 3 is 1.76 bits per heavy atom. The number of benzene rings is 2. The van der Waals surface area contributed by atoms with Gasteiger partial charge in [0.1, 0.15) is 0 Å². The Kier molecular flexibility index (Phi) is 8.79. The molecule has 0 heterocycles. The van der Waals surface area contributed by atoms with Crippen molar-refractivity contribution in [2.45, 2.75) is 39.7 Å². The fraction of sp³-hybridized carbons (Fsp3) is 0.304. The molecule has 33 heavy (non-hydrogen) atoms. The largest absolute Gasteiger partial charge is 0.294 e. The molecule has 0 aromatic heterocycles. The van der Waals surface area contributed by atoms with Gasteiger partial charge in [0, 0.05) is 59.7 Å². The summed E-state index contributed by atoms with van der Waals surface area (Å²) in [5.74, 6) is -0.538. The highest BCUT2D eigenvalue weighted by Crippen LogP contribution is 2.16. The monoisotopic (exact) mass is 452 g/mol. The molecule has 0 radical (unpaired) electrons. The highest BCUT2D eigenvalue weighted by Gasteiger charge is 2.14. The lowest BCUT2D eigenvalue weighted by Crippen LogP contribution is -2.13. The van der Waals surface area contributed by atoms with Gasteiger partial charge in [-0.05, 0) is 20.8 Å². The molecule has 2 aromatic rings. The molecule has 0 aliphatic heterocycles. The topological polar surface area (TPSA) is 145 Å². The number of hydrogen-bond donors (Lipinski definition) is 0. The average Bonchev–Trinajstić information content (AvgIpc) is 2.77. The lowest BCUT2D eigenvalue weighted by Gasteiger charge is -2.07. The third-order valence-electron chi connectivity index (χ3n) is 4.66. The van der Waals surface area contributed by atoms with Gasteiger partial charge >= 0.3 is 0 Å². The fourth-order valence-electron chi connectivity index (χ4n) is 3.06. The normalized spacial score (nSPS) is 12.8.